The molecule has 2 N–H and O–H groups in total. The molecule has 5 nitrogen and oxygen atoms in total. The van der Waals surface area contributed by atoms with Crippen LogP contribution in [-0.4, -0.2) is 73.3 Å². The standard InChI is InChI=1S/C14H28N2O3/c1-11(2)16-5-7-19-13(9-16)8-15-10-14(17)4-6-18-12(14)3/h11-13,15,17H,4-10H2,1-3H3. The average Bonchev–Trinajstić information content (AvgIpc) is 2.70. The van der Waals surface area contributed by atoms with Crippen molar-refractivity contribution in [3.05, 3.63) is 0 Å². The Bertz CT molecular complexity index is 288. The highest BCUT2D eigenvalue weighted by molar-refractivity contribution is 4.92. The number of nitrogens with zero attached hydrogens (tertiary/aromatic N) is 1. The predicted molar refractivity (Wildman–Crippen MR) is 74.3 cm³/mol. The molecule has 0 saturated carbocycles. The Labute approximate surface area is 116 Å². The first-order valence-electron chi connectivity index (χ1n) is 7.41. The van der Waals surface area contributed by atoms with Crippen molar-refractivity contribution < 1.29 is 14.6 Å². The van der Waals surface area contributed by atoms with Crippen molar-refractivity contribution >= 4 is 0 Å². The lowest BCUT2D eigenvalue weighted by molar-refractivity contribution is -0.0474. The first-order valence-corrected chi connectivity index (χ1v) is 7.41. The molecule has 3 unspecified atom stereocenters. The molecule has 5 heteroatoms. The van der Waals surface area contributed by atoms with Gasteiger partial charge in [0.1, 0.15) is 5.60 Å². The molecule has 2 heterocycles. The van der Waals surface area contributed by atoms with Gasteiger partial charge in [0.05, 0.1) is 18.8 Å². The molecule has 0 spiro atoms. The van der Waals surface area contributed by atoms with Crippen molar-refractivity contribution in [1.29, 1.82) is 0 Å². The van der Waals surface area contributed by atoms with Crippen molar-refractivity contribution in [2.24, 2.45) is 0 Å². The van der Waals surface area contributed by atoms with Gasteiger partial charge in [0, 0.05) is 45.2 Å². The number of hydrogen-bond donors (Lipinski definition) is 2. The van der Waals surface area contributed by atoms with Gasteiger partial charge in [-0.2, -0.15) is 0 Å². The second-order valence-corrected chi connectivity index (χ2v) is 6.08. The number of aliphatic hydroxyl groups is 1. The van der Waals surface area contributed by atoms with Crippen LogP contribution in [-0.2, 0) is 9.47 Å². The van der Waals surface area contributed by atoms with Gasteiger partial charge in [-0.3, -0.25) is 4.90 Å². The van der Waals surface area contributed by atoms with Crippen molar-refractivity contribution in [2.45, 2.75) is 51.0 Å². The predicted octanol–water partition coefficient (Wildman–Crippen LogP) is 0.225. The fraction of sp³-hybridized carbons (Fsp3) is 1.00. The van der Waals surface area contributed by atoms with Gasteiger partial charge in [-0.1, -0.05) is 0 Å². The first kappa shape index (κ1) is 15.2. The molecule has 0 aromatic heterocycles. The van der Waals surface area contributed by atoms with Gasteiger partial charge in [0.25, 0.3) is 0 Å². The molecule has 0 amide bonds. The van der Waals surface area contributed by atoms with Crippen LogP contribution in [0.4, 0.5) is 0 Å². The summed E-state index contributed by atoms with van der Waals surface area (Å²) in [7, 11) is 0. The van der Waals surface area contributed by atoms with Crippen molar-refractivity contribution in [1.82, 2.24) is 10.2 Å². The van der Waals surface area contributed by atoms with E-state index in [2.05, 4.69) is 24.1 Å². The number of ether oxygens (including phenoxy) is 2. The second kappa shape index (κ2) is 6.50. The van der Waals surface area contributed by atoms with Crippen LogP contribution < -0.4 is 5.32 Å². The number of morpholine rings is 1. The topological polar surface area (TPSA) is 54.0 Å². The summed E-state index contributed by atoms with van der Waals surface area (Å²) in [6, 6.07) is 0.568. The summed E-state index contributed by atoms with van der Waals surface area (Å²) in [6.45, 7) is 11.2. The molecule has 0 aromatic rings. The lowest BCUT2D eigenvalue weighted by Gasteiger charge is -2.36. The molecule has 2 fully saturated rings. The van der Waals surface area contributed by atoms with Gasteiger partial charge < -0.3 is 19.9 Å². The maximum absolute atomic E-state index is 10.4. The molecule has 2 saturated heterocycles. The van der Waals surface area contributed by atoms with Crippen LogP contribution in [0, 0.1) is 0 Å². The molecular weight excluding hydrogens is 244 g/mol. The summed E-state index contributed by atoms with van der Waals surface area (Å²) in [4.78, 5) is 2.44. The van der Waals surface area contributed by atoms with Gasteiger partial charge in [0.15, 0.2) is 0 Å². The Hall–Kier alpha value is -0.200. The summed E-state index contributed by atoms with van der Waals surface area (Å²) in [6.07, 6.45) is 0.849. The zero-order chi connectivity index (χ0) is 13.9. The van der Waals surface area contributed by atoms with E-state index < -0.39 is 5.60 Å². The van der Waals surface area contributed by atoms with Crippen LogP contribution >= 0.6 is 0 Å². The van der Waals surface area contributed by atoms with Crippen LogP contribution in [0.1, 0.15) is 27.2 Å². The third-order valence-corrected chi connectivity index (χ3v) is 4.36. The highest BCUT2D eigenvalue weighted by atomic mass is 16.5. The first-order chi connectivity index (χ1) is 9.01. The van der Waals surface area contributed by atoms with E-state index in [9.17, 15) is 5.11 Å². The summed E-state index contributed by atoms with van der Waals surface area (Å²) < 4.78 is 11.2. The van der Waals surface area contributed by atoms with Crippen LogP contribution in [0.25, 0.3) is 0 Å². The smallest absolute Gasteiger partial charge is 0.105 e. The molecule has 2 aliphatic rings. The minimum absolute atomic E-state index is 0.0839. The fourth-order valence-electron chi connectivity index (χ4n) is 2.79. The van der Waals surface area contributed by atoms with E-state index in [1.807, 2.05) is 6.92 Å². The van der Waals surface area contributed by atoms with E-state index in [0.29, 0.717) is 25.6 Å². The van der Waals surface area contributed by atoms with Crippen LogP contribution in [0.2, 0.25) is 0 Å². The molecular formula is C14H28N2O3. The molecule has 0 aromatic carbocycles. The number of hydrogen-bond acceptors (Lipinski definition) is 5. The Balaban J connectivity index is 1.70. The summed E-state index contributed by atoms with van der Waals surface area (Å²) in [5.41, 5.74) is -0.716. The number of rotatable bonds is 5. The molecule has 3 atom stereocenters. The summed E-state index contributed by atoms with van der Waals surface area (Å²) in [5, 5.41) is 13.7. The minimum Gasteiger partial charge on any atom is -0.386 e. The molecule has 0 radical (unpaired) electrons. The minimum atomic E-state index is -0.716. The van der Waals surface area contributed by atoms with E-state index in [1.165, 1.54) is 0 Å². The normalized spacial score (nSPS) is 37.1. The van der Waals surface area contributed by atoms with Crippen LogP contribution in [0.5, 0.6) is 0 Å². The fourth-order valence-corrected chi connectivity index (χ4v) is 2.79. The van der Waals surface area contributed by atoms with Crippen LogP contribution in [0.15, 0.2) is 0 Å². The van der Waals surface area contributed by atoms with Crippen molar-refractivity contribution in [2.75, 3.05) is 39.4 Å². The van der Waals surface area contributed by atoms with E-state index >= 15 is 0 Å². The van der Waals surface area contributed by atoms with Crippen LogP contribution in [0.3, 0.4) is 0 Å². The summed E-state index contributed by atoms with van der Waals surface area (Å²) in [5.74, 6) is 0. The monoisotopic (exact) mass is 272 g/mol. The van der Waals surface area contributed by atoms with E-state index in [0.717, 1.165) is 26.2 Å². The zero-order valence-electron chi connectivity index (χ0n) is 12.4. The molecule has 2 rings (SSSR count). The largest absolute Gasteiger partial charge is 0.386 e. The third kappa shape index (κ3) is 3.89. The number of nitrogens with one attached hydrogen (secondary N) is 1. The van der Waals surface area contributed by atoms with Crippen molar-refractivity contribution in [3.63, 3.8) is 0 Å². The molecule has 0 bridgehead atoms. The molecule has 112 valence electrons. The Morgan fingerprint density at radius 2 is 2.16 bits per heavy atom. The third-order valence-electron chi connectivity index (χ3n) is 4.36. The van der Waals surface area contributed by atoms with Gasteiger partial charge in [-0.25, -0.2) is 0 Å². The lowest BCUT2D eigenvalue weighted by Crippen LogP contribution is -2.52. The average molecular weight is 272 g/mol. The second-order valence-electron chi connectivity index (χ2n) is 6.08. The van der Waals surface area contributed by atoms with Gasteiger partial charge in [-0.05, 0) is 20.8 Å². The quantitative estimate of drug-likeness (QED) is 0.750. The SMILES string of the molecule is CC(C)N1CCOC(CNCC2(O)CCOC2C)C1. The van der Waals surface area contributed by atoms with E-state index in [4.69, 9.17) is 9.47 Å². The zero-order valence-corrected chi connectivity index (χ0v) is 12.4. The molecule has 19 heavy (non-hydrogen) atoms. The van der Waals surface area contributed by atoms with Gasteiger partial charge >= 0.3 is 0 Å². The lowest BCUT2D eigenvalue weighted by atomic mass is 9.97. The van der Waals surface area contributed by atoms with E-state index in [-0.39, 0.29) is 12.2 Å². The Kier molecular flexibility index (Phi) is 5.20. The Morgan fingerprint density at radius 3 is 2.79 bits per heavy atom. The van der Waals surface area contributed by atoms with E-state index in [1.54, 1.807) is 0 Å². The van der Waals surface area contributed by atoms with Gasteiger partial charge in [0.2, 0.25) is 0 Å². The molecule has 2 aliphatic heterocycles. The maximum Gasteiger partial charge on any atom is 0.105 e. The van der Waals surface area contributed by atoms with Gasteiger partial charge in [-0.15, -0.1) is 0 Å². The summed E-state index contributed by atoms with van der Waals surface area (Å²) >= 11 is 0. The molecule has 0 aliphatic carbocycles. The maximum atomic E-state index is 10.4. The highest BCUT2D eigenvalue weighted by Gasteiger charge is 2.39. The Morgan fingerprint density at radius 1 is 1.37 bits per heavy atom. The highest BCUT2D eigenvalue weighted by Crippen LogP contribution is 2.24. The van der Waals surface area contributed by atoms with Crippen molar-refractivity contribution in [3.8, 4) is 0 Å².